The second-order valence-electron chi connectivity index (χ2n) is 5.34. The average Bonchev–Trinajstić information content (AvgIpc) is 2.71. The minimum absolute atomic E-state index is 0.00966. The molecule has 0 atom stereocenters. The van der Waals surface area contributed by atoms with Crippen molar-refractivity contribution in [1.29, 1.82) is 0 Å². The van der Waals surface area contributed by atoms with Crippen LogP contribution in [0.3, 0.4) is 0 Å². The molecular formula is C18H17NO2. The van der Waals surface area contributed by atoms with Crippen LogP contribution in [0.5, 0.6) is 5.75 Å². The highest BCUT2D eigenvalue weighted by Crippen LogP contribution is 2.32. The number of aromatic hydroxyl groups is 1. The summed E-state index contributed by atoms with van der Waals surface area (Å²) < 4.78 is 2.08. The van der Waals surface area contributed by atoms with E-state index in [-0.39, 0.29) is 11.5 Å². The van der Waals surface area contributed by atoms with Crippen LogP contribution >= 0.6 is 0 Å². The van der Waals surface area contributed by atoms with Gasteiger partial charge in [0.1, 0.15) is 5.75 Å². The molecule has 0 bridgehead atoms. The van der Waals surface area contributed by atoms with Gasteiger partial charge in [-0.25, -0.2) is 0 Å². The fourth-order valence-electron chi connectivity index (χ4n) is 2.98. The number of carbonyl (C=O) groups excluding carboxylic acids is 1. The Morgan fingerprint density at radius 3 is 2.48 bits per heavy atom. The summed E-state index contributed by atoms with van der Waals surface area (Å²) in [4.78, 5) is 12.0. The first kappa shape index (κ1) is 13.4. The number of carbonyl (C=O) groups is 1. The second kappa shape index (κ2) is 4.77. The van der Waals surface area contributed by atoms with Gasteiger partial charge < -0.3 is 9.67 Å². The molecule has 0 amide bonds. The van der Waals surface area contributed by atoms with Crippen molar-refractivity contribution in [1.82, 2.24) is 4.57 Å². The Kier molecular flexibility index (Phi) is 3.05. The van der Waals surface area contributed by atoms with E-state index in [2.05, 4.69) is 17.6 Å². The van der Waals surface area contributed by atoms with Crippen molar-refractivity contribution in [2.75, 3.05) is 0 Å². The number of benzene rings is 2. The maximum Gasteiger partial charge on any atom is 0.162 e. The largest absolute Gasteiger partial charge is 0.508 e. The van der Waals surface area contributed by atoms with Crippen LogP contribution in [0.25, 0.3) is 16.6 Å². The molecule has 0 aliphatic carbocycles. The standard InChI is InChI=1S/C18H17NO2/c1-11-6-4-5-7-16(11)19-12(2)18(13(3)20)15-10-14(21)8-9-17(15)19/h4-10,21H,1-3H3. The van der Waals surface area contributed by atoms with Gasteiger partial charge in [0.05, 0.1) is 5.52 Å². The molecule has 1 N–H and O–H groups in total. The Labute approximate surface area is 123 Å². The first-order chi connectivity index (χ1) is 10.0. The third-order valence-corrected chi connectivity index (χ3v) is 3.90. The van der Waals surface area contributed by atoms with Gasteiger partial charge in [0.25, 0.3) is 0 Å². The van der Waals surface area contributed by atoms with Gasteiger partial charge in [-0.15, -0.1) is 0 Å². The molecule has 1 aromatic heterocycles. The highest BCUT2D eigenvalue weighted by molar-refractivity contribution is 6.09. The first-order valence-electron chi connectivity index (χ1n) is 6.91. The summed E-state index contributed by atoms with van der Waals surface area (Å²) in [6, 6.07) is 13.2. The van der Waals surface area contributed by atoms with E-state index < -0.39 is 0 Å². The molecule has 3 rings (SSSR count). The van der Waals surface area contributed by atoms with Gasteiger partial charge >= 0.3 is 0 Å². The van der Waals surface area contributed by atoms with Crippen LogP contribution in [0.2, 0.25) is 0 Å². The molecule has 0 fully saturated rings. The molecule has 106 valence electrons. The van der Waals surface area contributed by atoms with Crippen molar-refractivity contribution in [2.24, 2.45) is 0 Å². The number of rotatable bonds is 2. The van der Waals surface area contributed by atoms with Crippen LogP contribution in [-0.2, 0) is 0 Å². The third-order valence-electron chi connectivity index (χ3n) is 3.90. The summed E-state index contributed by atoms with van der Waals surface area (Å²) in [6.07, 6.45) is 0. The van der Waals surface area contributed by atoms with E-state index in [9.17, 15) is 9.90 Å². The van der Waals surface area contributed by atoms with E-state index in [0.29, 0.717) is 5.56 Å². The smallest absolute Gasteiger partial charge is 0.162 e. The van der Waals surface area contributed by atoms with Gasteiger partial charge in [0, 0.05) is 22.3 Å². The second-order valence-corrected chi connectivity index (χ2v) is 5.34. The number of aryl methyl sites for hydroxylation is 1. The van der Waals surface area contributed by atoms with Gasteiger partial charge in [-0.2, -0.15) is 0 Å². The van der Waals surface area contributed by atoms with Gasteiger partial charge in [0.2, 0.25) is 0 Å². The van der Waals surface area contributed by atoms with Gasteiger partial charge in [-0.1, -0.05) is 18.2 Å². The fraction of sp³-hybridized carbons (Fsp3) is 0.167. The zero-order valence-corrected chi connectivity index (χ0v) is 12.3. The Balaban J connectivity index is 2.47. The molecule has 0 radical (unpaired) electrons. The van der Waals surface area contributed by atoms with Crippen LogP contribution in [0.4, 0.5) is 0 Å². The van der Waals surface area contributed by atoms with Gasteiger partial charge in [-0.3, -0.25) is 4.79 Å². The molecule has 3 nitrogen and oxygen atoms in total. The zero-order valence-electron chi connectivity index (χ0n) is 12.3. The van der Waals surface area contributed by atoms with Crippen molar-refractivity contribution in [3.05, 3.63) is 59.3 Å². The molecule has 0 aliphatic heterocycles. The summed E-state index contributed by atoms with van der Waals surface area (Å²) in [7, 11) is 0. The van der Waals surface area contributed by atoms with E-state index in [1.54, 1.807) is 19.1 Å². The number of aromatic nitrogens is 1. The summed E-state index contributed by atoms with van der Waals surface area (Å²) in [5, 5.41) is 10.5. The Morgan fingerprint density at radius 1 is 1.10 bits per heavy atom. The minimum atomic E-state index is 0.00966. The number of Topliss-reactive ketones (excluding diaryl/α,β-unsaturated/α-hetero) is 1. The highest BCUT2D eigenvalue weighted by atomic mass is 16.3. The Hall–Kier alpha value is -2.55. The van der Waals surface area contributed by atoms with Gasteiger partial charge in [-0.05, 0) is 50.6 Å². The van der Waals surface area contributed by atoms with E-state index in [0.717, 1.165) is 27.8 Å². The SMILES string of the molecule is CC(=O)c1c(C)n(-c2ccccc2C)c2ccc(O)cc12. The Morgan fingerprint density at radius 2 is 1.81 bits per heavy atom. The van der Waals surface area contributed by atoms with Crippen LogP contribution in [-0.4, -0.2) is 15.5 Å². The maximum atomic E-state index is 12.0. The van der Waals surface area contributed by atoms with Crippen LogP contribution < -0.4 is 0 Å². The van der Waals surface area contributed by atoms with Crippen molar-refractivity contribution >= 4 is 16.7 Å². The molecule has 2 aromatic carbocycles. The highest BCUT2D eigenvalue weighted by Gasteiger charge is 2.19. The van der Waals surface area contributed by atoms with Crippen molar-refractivity contribution < 1.29 is 9.90 Å². The molecule has 3 aromatic rings. The van der Waals surface area contributed by atoms with Crippen molar-refractivity contribution in [3.8, 4) is 11.4 Å². The Bertz CT molecular complexity index is 859. The lowest BCUT2D eigenvalue weighted by Gasteiger charge is -2.11. The molecule has 0 spiro atoms. The number of para-hydroxylation sites is 1. The molecule has 21 heavy (non-hydrogen) atoms. The minimum Gasteiger partial charge on any atom is -0.508 e. The number of phenols is 1. The molecule has 0 unspecified atom stereocenters. The predicted octanol–water partition coefficient (Wildman–Crippen LogP) is 4.16. The molecule has 1 heterocycles. The third kappa shape index (κ3) is 2.02. The predicted molar refractivity (Wildman–Crippen MR) is 84.4 cm³/mol. The van der Waals surface area contributed by atoms with E-state index in [4.69, 9.17) is 0 Å². The van der Waals surface area contributed by atoms with Crippen LogP contribution in [0.1, 0.15) is 28.5 Å². The molecule has 0 saturated heterocycles. The summed E-state index contributed by atoms with van der Waals surface area (Å²) >= 11 is 0. The van der Waals surface area contributed by atoms with Crippen LogP contribution in [0, 0.1) is 13.8 Å². The van der Waals surface area contributed by atoms with E-state index >= 15 is 0 Å². The molecule has 0 saturated carbocycles. The normalized spacial score (nSPS) is 11.0. The van der Waals surface area contributed by atoms with Crippen molar-refractivity contribution in [2.45, 2.75) is 20.8 Å². The summed E-state index contributed by atoms with van der Waals surface area (Å²) in [5.74, 6) is 0.183. The monoisotopic (exact) mass is 279 g/mol. The number of fused-ring (bicyclic) bond motifs is 1. The first-order valence-corrected chi connectivity index (χ1v) is 6.91. The summed E-state index contributed by atoms with van der Waals surface area (Å²) in [5.41, 5.74) is 4.70. The van der Waals surface area contributed by atoms with Crippen LogP contribution in [0.15, 0.2) is 42.5 Å². The molecule has 0 aliphatic rings. The summed E-state index contributed by atoms with van der Waals surface area (Å²) in [6.45, 7) is 5.56. The quantitative estimate of drug-likeness (QED) is 0.716. The van der Waals surface area contributed by atoms with E-state index in [1.165, 1.54) is 0 Å². The lowest BCUT2D eigenvalue weighted by atomic mass is 10.1. The number of ketones is 1. The molecule has 3 heteroatoms. The number of phenolic OH excluding ortho intramolecular Hbond substituents is 1. The van der Waals surface area contributed by atoms with Gasteiger partial charge in [0.15, 0.2) is 5.78 Å². The molecular weight excluding hydrogens is 262 g/mol. The topological polar surface area (TPSA) is 42.2 Å². The van der Waals surface area contributed by atoms with E-state index in [1.807, 2.05) is 31.2 Å². The van der Waals surface area contributed by atoms with Crippen molar-refractivity contribution in [3.63, 3.8) is 0 Å². The average molecular weight is 279 g/mol. The number of nitrogens with zero attached hydrogens (tertiary/aromatic N) is 1. The number of hydrogen-bond acceptors (Lipinski definition) is 2. The maximum absolute atomic E-state index is 12.0. The lowest BCUT2D eigenvalue weighted by molar-refractivity contribution is 0.101. The fourth-order valence-corrected chi connectivity index (χ4v) is 2.98. The zero-order chi connectivity index (χ0) is 15.1. The number of hydrogen-bond donors (Lipinski definition) is 1. The lowest BCUT2D eigenvalue weighted by Crippen LogP contribution is -2.01.